The van der Waals surface area contributed by atoms with Gasteiger partial charge in [-0.25, -0.2) is 4.79 Å². The number of rotatable bonds is 6. The third-order valence-electron chi connectivity index (χ3n) is 2.94. The summed E-state index contributed by atoms with van der Waals surface area (Å²) in [4.78, 5) is 21.4. The summed E-state index contributed by atoms with van der Waals surface area (Å²) < 4.78 is 12.1. The van der Waals surface area contributed by atoms with E-state index in [4.69, 9.17) is 26.2 Å². The van der Waals surface area contributed by atoms with Gasteiger partial charge in [-0.15, -0.1) is 0 Å². The van der Waals surface area contributed by atoms with Gasteiger partial charge in [0, 0.05) is 5.56 Å². The maximum Gasteiger partial charge on any atom is 0.335 e. The Bertz CT molecular complexity index is 715. The van der Waals surface area contributed by atoms with E-state index in [9.17, 15) is 9.59 Å². The van der Waals surface area contributed by atoms with Gasteiger partial charge < -0.3 is 14.6 Å². The Morgan fingerprint density at radius 1 is 0.923 bits per heavy atom. The molecule has 0 amide bonds. The van der Waals surface area contributed by atoms with Gasteiger partial charge in [-0.2, -0.15) is 0 Å². The SMILES string of the molecule is CCOc1cc(C(=O)Cl)ccc1Br.CCOc1cc(C(=O)O)ccc1Br. The molecule has 2 aromatic rings. The van der Waals surface area contributed by atoms with Crippen LogP contribution >= 0.6 is 43.5 Å². The Kier molecular flexibility index (Phi) is 9.69. The van der Waals surface area contributed by atoms with E-state index in [-0.39, 0.29) is 5.56 Å². The Balaban J connectivity index is 0.000000260. The molecule has 5 nitrogen and oxygen atoms in total. The van der Waals surface area contributed by atoms with Crippen molar-refractivity contribution in [3.8, 4) is 11.5 Å². The minimum atomic E-state index is -0.951. The Labute approximate surface area is 173 Å². The van der Waals surface area contributed by atoms with Crippen molar-refractivity contribution in [1.82, 2.24) is 0 Å². The largest absolute Gasteiger partial charge is 0.493 e. The number of carboxylic acid groups (broad SMARTS) is 1. The van der Waals surface area contributed by atoms with Crippen LogP contribution in [0.2, 0.25) is 0 Å². The maximum absolute atomic E-state index is 10.8. The van der Waals surface area contributed by atoms with Crippen LogP contribution in [0, 0.1) is 0 Å². The first-order valence-electron chi connectivity index (χ1n) is 7.57. The molecule has 0 aliphatic heterocycles. The second-order valence-corrected chi connectivity index (χ2v) is 6.79. The van der Waals surface area contributed by atoms with Crippen molar-refractivity contribution < 1.29 is 24.2 Å². The molecule has 2 rings (SSSR count). The summed E-state index contributed by atoms with van der Waals surface area (Å²) in [5, 5.41) is 8.22. The lowest BCUT2D eigenvalue weighted by Crippen LogP contribution is -1.98. The van der Waals surface area contributed by atoms with E-state index in [0.29, 0.717) is 30.3 Å². The highest BCUT2D eigenvalue weighted by atomic mass is 79.9. The third kappa shape index (κ3) is 6.97. The van der Waals surface area contributed by atoms with E-state index in [1.807, 2.05) is 13.8 Å². The number of halogens is 3. The van der Waals surface area contributed by atoms with Crippen LogP contribution in [0.3, 0.4) is 0 Å². The molecule has 0 spiro atoms. The summed E-state index contributed by atoms with van der Waals surface area (Å²) in [6, 6.07) is 9.67. The minimum absolute atomic E-state index is 0.228. The third-order valence-corrected chi connectivity index (χ3v) is 4.46. The quantitative estimate of drug-likeness (QED) is 0.502. The van der Waals surface area contributed by atoms with E-state index >= 15 is 0 Å². The first-order valence-corrected chi connectivity index (χ1v) is 9.54. The highest BCUT2D eigenvalue weighted by Gasteiger charge is 2.07. The van der Waals surface area contributed by atoms with Crippen molar-refractivity contribution in [2.45, 2.75) is 13.8 Å². The molecule has 0 saturated heterocycles. The van der Waals surface area contributed by atoms with Gasteiger partial charge in [0.15, 0.2) is 0 Å². The van der Waals surface area contributed by atoms with Gasteiger partial charge in [-0.05, 0) is 93.7 Å². The number of ether oxygens (including phenoxy) is 2. The van der Waals surface area contributed by atoms with Crippen molar-refractivity contribution in [3.63, 3.8) is 0 Å². The van der Waals surface area contributed by atoms with Crippen molar-refractivity contribution >= 4 is 54.7 Å². The molecular formula is C18H17Br2ClO5. The Hall–Kier alpha value is -1.57. The molecule has 1 N–H and O–H groups in total. The molecule has 0 aliphatic carbocycles. The van der Waals surface area contributed by atoms with Crippen LogP contribution in [0.5, 0.6) is 11.5 Å². The van der Waals surface area contributed by atoms with Gasteiger partial charge in [0.25, 0.3) is 5.24 Å². The van der Waals surface area contributed by atoms with Crippen LogP contribution in [-0.2, 0) is 0 Å². The predicted molar refractivity (Wildman–Crippen MR) is 108 cm³/mol. The molecule has 0 saturated carbocycles. The number of carbonyl (C=O) groups excluding carboxylic acids is 1. The average Bonchev–Trinajstić information content (AvgIpc) is 2.59. The molecule has 8 heteroatoms. The number of hydrogen-bond donors (Lipinski definition) is 1. The van der Waals surface area contributed by atoms with Crippen molar-refractivity contribution in [2.24, 2.45) is 0 Å². The van der Waals surface area contributed by atoms with E-state index in [1.54, 1.807) is 24.3 Å². The summed E-state index contributed by atoms with van der Waals surface area (Å²) in [6.07, 6.45) is 0. The lowest BCUT2D eigenvalue weighted by Gasteiger charge is -2.05. The summed E-state index contributed by atoms with van der Waals surface area (Å²) >= 11 is 11.9. The van der Waals surface area contributed by atoms with E-state index in [0.717, 1.165) is 8.95 Å². The van der Waals surface area contributed by atoms with Gasteiger partial charge in [-0.1, -0.05) is 0 Å². The zero-order valence-electron chi connectivity index (χ0n) is 14.1. The Morgan fingerprint density at radius 3 is 1.73 bits per heavy atom. The molecule has 0 radical (unpaired) electrons. The molecule has 0 heterocycles. The topological polar surface area (TPSA) is 72.8 Å². The van der Waals surface area contributed by atoms with Gasteiger partial charge >= 0.3 is 5.97 Å². The summed E-state index contributed by atoms with van der Waals surface area (Å²) in [5.41, 5.74) is 0.667. The lowest BCUT2D eigenvalue weighted by atomic mass is 10.2. The smallest absolute Gasteiger partial charge is 0.335 e. The molecule has 140 valence electrons. The van der Waals surface area contributed by atoms with Crippen LogP contribution in [0.4, 0.5) is 0 Å². The van der Waals surface area contributed by atoms with Crippen LogP contribution in [0.25, 0.3) is 0 Å². The van der Waals surface area contributed by atoms with Gasteiger partial charge in [0.05, 0.1) is 27.7 Å². The molecule has 0 atom stereocenters. The monoisotopic (exact) mass is 506 g/mol. The normalized spacial score (nSPS) is 9.73. The van der Waals surface area contributed by atoms with Crippen molar-refractivity contribution in [3.05, 3.63) is 56.5 Å². The predicted octanol–water partition coefficient (Wildman–Crippen LogP) is 5.77. The van der Waals surface area contributed by atoms with E-state index in [1.165, 1.54) is 12.1 Å². The van der Waals surface area contributed by atoms with Crippen LogP contribution < -0.4 is 9.47 Å². The molecule has 0 unspecified atom stereocenters. The second kappa shape index (κ2) is 11.2. The van der Waals surface area contributed by atoms with Crippen LogP contribution in [0.1, 0.15) is 34.6 Å². The zero-order chi connectivity index (χ0) is 19.7. The standard InChI is InChI=1S/C9H8BrClO2.C9H9BrO3/c2*1-2-13-8-5-6(9(11)12)3-4-7(8)10/h3-5H,2H2,1H3;3-5H,2H2,1H3,(H,11,12). The summed E-state index contributed by atoms with van der Waals surface area (Å²) in [7, 11) is 0. The van der Waals surface area contributed by atoms with Crippen molar-refractivity contribution in [1.29, 1.82) is 0 Å². The average molecular weight is 509 g/mol. The zero-order valence-corrected chi connectivity index (χ0v) is 18.0. The molecule has 2 aromatic carbocycles. The van der Waals surface area contributed by atoms with Gasteiger partial charge in [0.1, 0.15) is 11.5 Å². The minimum Gasteiger partial charge on any atom is -0.493 e. The summed E-state index contributed by atoms with van der Waals surface area (Å²) in [6.45, 7) is 4.79. The fraction of sp³-hybridized carbons (Fsp3) is 0.222. The number of carboxylic acids is 1. The van der Waals surface area contributed by atoms with E-state index < -0.39 is 11.2 Å². The maximum atomic E-state index is 10.8. The molecule has 0 bridgehead atoms. The molecule has 26 heavy (non-hydrogen) atoms. The van der Waals surface area contributed by atoms with Crippen LogP contribution in [-0.4, -0.2) is 29.5 Å². The lowest BCUT2D eigenvalue weighted by molar-refractivity contribution is 0.0696. The first-order chi connectivity index (χ1) is 12.3. The highest BCUT2D eigenvalue weighted by Crippen LogP contribution is 2.27. The summed E-state index contributed by atoms with van der Waals surface area (Å²) in [5.74, 6) is 0.241. The number of carbonyl (C=O) groups is 2. The molecular weight excluding hydrogens is 491 g/mol. The number of benzene rings is 2. The van der Waals surface area contributed by atoms with Crippen molar-refractivity contribution in [2.75, 3.05) is 13.2 Å². The van der Waals surface area contributed by atoms with E-state index in [2.05, 4.69) is 31.9 Å². The fourth-order valence-corrected chi connectivity index (χ4v) is 2.63. The van der Waals surface area contributed by atoms with Gasteiger partial charge in [0.2, 0.25) is 0 Å². The van der Waals surface area contributed by atoms with Crippen LogP contribution in [0.15, 0.2) is 45.3 Å². The highest BCUT2D eigenvalue weighted by molar-refractivity contribution is 9.10. The second-order valence-electron chi connectivity index (χ2n) is 4.74. The molecule has 0 aliphatic rings. The number of hydrogen-bond acceptors (Lipinski definition) is 4. The fourth-order valence-electron chi connectivity index (χ4n) is 1.79. The van der Waals surface area contributed by atoms with Gasteiger partial charge in [-0.3, -0.25) is 4.79 Å². The first kappa shape index (κ1) is 22.5. The molecule has 0 fully saturated rings. The Morgan fingerprint density at radius 2 is 1.35 bits per heavy atom. The molecule has 0 aromatic heterocycles. The number of aromatic carboxylic acids is 1.